The molecule has 0 radical (unpaired) electrons. The van der Waals surface area contributed by atoms with Crippen LogP contribution in [0.15, 0.2) is 19.0 Å². The van der Waals surface area contributed by atoms with Crippen molar-refractivity contribution in [1.29, 1.82) is 0 Å². The molecule has 1 N–H and O–H groups in total. The molecule has 4 rings (SSSR count). The summed E-state index contributed by atoms with van der Waals surface area (Å²) in [4.78, 5) is 15.1. The normalized spacial score (nSPS) is 16.2. The molecule has 5 nitrogen and oxygen atoms in total. The van der Waals surface area contributed by atoms with Gasteiger partial charge in [0.05, 0.1) is 28.1 Å². The molecule has 3 aromatic heterocycles. The average Bonchev–Trinajstić information content (AvgIpc) is 2.97. The predicted octanol–water partition coefficient (Wildman–Crippen LogP) is 4.81. The maximum atomic E-state index is 6.10. The third kappa shape index (κ3) is 2.77. The second kappa shape index (κ2) is 6.28. The van der Waals surface area contributed by atoms with E-state index in [0.29, 0.717) is 19.1 Å². The molecule has 0 saturated heterocycles. The van der Waals surface area contributed by atoms with Crippen LogP contribution in [0.4, 0.5) is 5.82 Å². The molecule has 0 unspecified atom stereocenters. The molecule has 4 heterocycles. The molecule has 0 saturated carbocycles. The second-order valence-electron chi connectivity index (χ2n) is 7.69. The number of pyridine rings is 1. The summed E-state index contributed by atoms with van der Waals surface area (Å²) >= 11 is 1.67. The third-order valence-electron chi connectivity index (χ3n) is 4.82. The maximum absolute atomic E-state index is 6.10. The van der Waals surface area contributed by atoms with Crippen LogP contribution in [-0.2, 0) is 17.8 Å². The number of fused-ring (bicyclic) bond motifs is 5. The van der Waals surface area contributed by atoms with Gasteiger partial charge in [-0.3, -0.25) is 0 Å². The number of hydrogen-bond donors (Lipinski definition) is 1. The largest absolute Gasteiger partial charge is 0.370 e. The maximum Gasteiger partial charge on any atom is 0.147 e. The third-order valence-corrected chi connectivity index (χ3v) is 5.90. The van der Waals surface area contributed by atoms with E-state index in [0.717, 1.165) is 33.0 Å². The van der Waals surface area contributed by atoms with E-state index < -0.39 is 0 Å². The van der Waals surface area contributed by atoms with E-state index in [1.807, 2.05) is 6.08 Å². The Morgan fingerprint density at radius 3 is 2.88 bits per heavy atom. The fourth-order valence-electron chi connectivity index (χ4n) is 3.60. The molecule has 0 fully saturated rings. The molecule has 0 spiro atoms. The van der Waals surface area contributed by atoms with Gasteiger partial charge in [-0.1, -0.05) is 19.9 Å². The Morgan fingerprint density at radius 2 is 2.15 bits per heavy atom. The molecular weight excluding hydrogens is 344 g/mol. The SMILES string of the molecule is C=CCNc1ncnc2c1sc1nc(C(C)C)c3c(c12)CC(C)(C)OC3. The molecule has 0 aromatic carbocycles. The first kappa shape index (κ1) is 17.4. The number of rotatable bonds is 4. The molecule has 1 aliphatic heterocycles. The highest BCUT2D eigenvalue weighted by Gasteiger charge is 2.32. The Hall–Kier alpha value is -2.05. The Morgan fingerprint density at radius 1 is 1.35 bits per heavy atom. The quantitative estimate of drug-likeness (QED) is 0.670. The highest BCUT2D eigenvalue weighted by molar-refractivity contribution is 7.26. The second-order valence-corrected chi connectivity index (χ2v) is 8.68. The van der Waals surface area contributed by atoms with E-state index in [9.17, 15) is 0 Å². The first-order valence-corrected chi connectivity index (χ1v) is 9.80. The summed E-state index contributed by atoms with van der Waals surface area (Å²) in [6.07, 6.45) is 4.33. The van der Waals surface area contributed by atoms with Gasteiger partial charge in [0.25, 0.3) is 0 Å². The van der Waals surface area contributed by atoms with Gasteiger partial charge < -0.3 is 10.1 Å². The van der Waals surface area contributed by atoms with Gasteiger partial charge in [-0.15, -0.1) is 17.9 Å². The number of nitrogens with zero attached hydrogens (tertiary/aromatic N) is 3. The highest BCUT2D eigenvalue weighted by atomic mass is 32.1. The molecule has 0 aliphatic carbocycles. The van der Waals surface area contributed by atoms with Crippen LogP contribution in [0, 0.1) is 0 Å². The van der Waals surface area contributed by atoms with Crippen LogP contribution in [0.3, 0.4) is 0 Å². The van der Waals surface area contributed by atoms with Crippen molar-refractivity contribution in [2.45, 2.75) is 52.2 Å². The molecule has 0 bridgehead atoms. The van der Waals surface area contributed by atoms with Crippen LogP contribution in [-0.4, -0.2) is 27.1 Å². The zero-order chi connectivity index (χ0) is 18.5. The van der Waals surface area contributed by atoms with Crippen LogP contribution in [0.5, 0.6) is 0 Å². The van der Waals surface area contributed by atoms with Gasteiger partial charge in [0, 0.05) is 23.9 Å². The standard InChI is InChI=1S/C20H24N4OS/c1-6-7-21-18-17-16(22-10-23-18)14-12-8-20(4,5)25-9-13(12)15(11(2)3)24-19(14)26-17/h6,10-11H,1,7-9H2,2-5H3,(H,21,22,23). The number of nitrogens with one attached hydrogen (secondary N) is 1. The highest BCUT2D eigenvalue weighted by Crippen LogP contribution is 2.43. The van der Waals surface area contributed by atoms with E-state index >= 15 is 0 Å². The number of ether oxygens (including phenoxy) is 1. The van der Waals surface area contributed by atoms with Crippen molar-refractivity contribution >= 4 is 37.6 Å². The van der Waals surface area contributed by atoms with Crippen molar-refractivity contribution < 1.29 is 4.74 Å². The predicted molar refractivity (Wildman–Crippen MR) is 108 cm³/mol. The summed E-state index contributed by atoms with van der Waals surface area (Å²) in [5, 5.41) is 4.49. The zero-order valence-corrected chi connectivity index (χ0v) is 16.5. The van der Waals surface area contributed by atoms with Crippen LogP contribution in [0.25, 0.3) is 20.4 Å². The molecule has 26 heavy (non-hydrogen) atoms. The van der Waals surface area contributed by atoms with Crippen molar-refractivity contribution in [3.05, 3.63) is 35.8 Å². The van der Waals surface area contributed by atoms with Gasteiger partial charge in [0.1, 0.15) is 17.0 Å². The van der Waals surface area contributed by atoms with E-state index in [1.165, 1.54) is 16.5 Å². The Kier molecular flexibility index (Phi) is 4.20. The minimum atomic E-state index is -0.180. The summed E-state index contributed by atoms with van der Waals surface area (Å²) < 4.78 is 7.16. The van der Waals surface area contributed by atoms with Crippen LogP contribution in [0.2, 0.25) is 0 Å². The minimum Gasteiger partial charge on any atom is -0.370 e. The van der Waals surface area contributed by atoms with Gasteiger partial charge in [-0.05, 0) is 25.3 Å². The van der Waals surface area contributed by atoms with Crippen LogP contribution in [0.1, 0.15) is 50.4 Å². The molecular formula is C20H24N4OS. The van der Waals surface area contributed by atoms with E-state index in [-0.39, 0.29) is 5.60 Å². The summed E-state index contributed by atoms with van der Waals surface area (Å²) in [5.74, 6) is 1.21. The van der Waals surface area contributed by atoms with E-state index in [2.05, 4.69) is 49.6 Å². The zero-order valence-electron chi connectivity index (χ0n) is 15.7. The van der Waals surface area contributed by atoms with Gasteiger partial charge in [0.15, 0.2) is 0 Å². The number of thiophene rings is 1. The van der Waals surface area contributed by atoms with Gasteiger partial charge in [0.2, 0.25) is 0 Å². The summed E-state index contributed by atoms with van der Waals surface area (Å²) in [6, 6.07) is 0. The first-order chi connectivity index (χ1) is 12.4. The lowest BCUT2D eigenvalue weighted by molar-refractivity contribution is -0.0402. The molecule has 0 atom stereocenters. The minimum absolute atomic E-state index is 0.180. The smallest absolute Gasteiger partial charge is 0.147 e. The number of hydrogen-bond acceptors (Lipinski definition) is 6. The van der Waals surface area contributed by atoms with E-state index in [1.54, 1.807) is 17.7 Å². The molecule has 1 aliphatic rings. The fourth-order valence-corrected chi connectivity index (χ4v) is 4.74. The lowest BCUT2D eigenvalue weighted by Gasteiger charge is -2.33. The van der Waals surface area contributed by atoms with E-state index in [4.69, 9.17) is 9.72 Å². The monoisotopic (exact) mass is 368 g/mol. The molecule has 6 heteroatoms. The van der Waals surface area contributed by atoms with Gasteiger partial charge in [-0.2, -0.15) is 0 Å². The molecule has 0 amide bonds. The van der Waals surface area contributed by atoms with Crippen molar-refractivity contribution in [3.63, 3.8) is 0 Å². The Bertz CT molecular complexity index is 1010. The van der Waals surface area contributed by atoms with Crippen molar-refractivity contribution in [2.24, 2.45) is 0 Å². The molecule has 136 valence electrons. The number of anilines is 1. The molecule has 3 aromatic rings. The van der Waals surface area contributed by atoms with Gasteiger partial charge >= 0.3 is 0 Å². The lowest BCUT2D eigenvalue weighted by Crippen LogP contribution is -2.32. The first-order valence-electron chi connectivity index (χ1n) is 8.99. The van der Waals surface area contributed by atoms with Crippen molar-refractivity contribution in [1.82, 2.24) is 15.0 Å². The Balaban J connectivity index is 2.04. The lowest BCUT2D eigenvalue weighted by atomic mass is 9.87. The topological polar surface area (TPSA) is 59.9 Å². The van der Waals surface area contributed by atoms with Crippen molar-refractivity contribution in [2.75, 3.05) is 11.9 Å². The van der Waals surface area contributed by atoms with Gasteiger partial charge in [-0.25, -0.2) is 15.0 Å². The van der Waals surface area contributed by atoms with Crippen LogP contribution >= 0.6 is 11.3 Å². The summed E-state index contributed by atoms with van der Waals surface area (Å²) in [7, 11) is 0. The summed E-state index contributed by atoms with van der Waals surface area (Å²) in [5.41, 5.74) is 4.53. The fraction of sp³-hybridized carbons (Fsp3) is 0.450. The average molecular weight is 369 g/mol. The summed E-state index contributed by atoms with van der Waals surface area (Å²) in [6.45, 7) is 13.7. The van der Waals surface area contributed by atoms with Crippen molar-refractivity contribution in [3.8, 4) is 0 Å². The van der Waals surface area contributed by atoms with Crippen LogP contribution < -0.4 is 5.32 Å². The Labute approximate surface area is 157 Å². The number of aromatic nitrogens is 3.